The zero-order valence-corrected chi connectivity index (χ0v) is 11.1. The average molecular weight is 343 g/mol. The minimum absolute atomic E-state index is 0.120. The van der Waals surface area contributed by atoms with Gasteiger partial charge in [0.2, 0.25) is 9.84 Å². The SMILES string of the molecule is O=C1c2c(S(=O)(=O)C(F)F)ccc(Br)c2CC1F. The van der Waals surface area contributed by atoms with Gasteiger partial charge in [0.05, 0.1) is 4.90 Å². The number of halogens is 4. The monoisotopic (exact) mass is 342 g/mol. The van der Waals surface area contributed by atoms with Crippen molar-refractivity contribution in [2.24, 2.45) is 0 Å². The van der Waals surface area contributed by atoms with Gasteiger partial charge < -0.3 is 0 Å². The molecule has 0 spiro atoms. The Morgan fingerprint density at radius 3 is 2.50 bits per heavy atom. The van der Waals surface area contributed by atoms with E-state index in [9.17, 15) is 26.4 Å². The van der Waals surface area contributed by atoms with Gasteiger partial charge in [0.1, 0.15) is 0 Å². The van der Waals surface area contributed by atoms with Gasteiger partial charge in [-0.2, -0.15) is 8.78 Å². The summed E-state index contributed by atoms with van der Waals surface area (Å²) in [5, 5.41) is 0. The van der Waals surface area contributed by atoms with Crippen LogP contribution in [0.2, 0.25) is 0 Å². The summed E-state index contributed by atoms with van der Waals surface area (Å²) in [5.74, 6) is -4.71. The van der Waals surface area contributed by atoms with Crippen LogP contribution in [0, 0.1) is 0 Å². The molecular formula is C10H6BrF3O3S. The predicted octanol–water partition coefficient (Wildman–Crippen LogP) is 2.52. The molecule has 0 saturated carbocycles. The zero-order chi connectivity index (χ0) is 13.7. The lowest BCUT2D eigenvalue weighted by molar-refractivity contribution is 0.0896. The fraction of sp³-hybridized carbons (Fsp3) is 0.300. The maximum atomic E-state index is 13.3. The third kappa shape index (κ3) is 1.87. The quantitative estimate of drug-likeness (QED) is 0.829. The number of alkyl halides is 3. The Morgan fingerprint density at radius 2 is 1.94 bits per heavy atom. The summed E-state index contributed by atoms with van der Waals surface area (Å²) in [6.07, 6.45) is -2.19. The highest BCUT2D eigenvalue weighted by atomic mass is 79.9. The highest BCUT2D eigenvalue weighted by Gasteiger charge is 2.39. The van der Waals surface area contributed by atoms with E-state index in [1.165, 1.54) is 6.07 Å². The number of hydrogen-bond acceptors (Lipinski definition) is 3. The minimum Gasteiger partial charge on any atom is -0.291 e. The van der Waals surface area contributed by atoms with Gasteiger partial charge in [0.15, 0.2) is 12.0 Å². The van der Waals surface area contributed by atoms with Crippen molar-refractivity contribution in [1.29, 1.82) is 0 Å². The van der Waals surface area contributed by atoms with Crippen molar-refractivity contribution in [1.82, 2.24) is 0 Å². The third-order valence-electron chi connectivity index (χ3n) is 2.67. The van der Waals surface area contributed by atoms with Crippen LogP contribution in [0.25, 0.3) is 0 Å². The van der Waals surface area contributed by atoms with E-state index in [2.05, 4.69) is 15.9 Å². The Kier molecular flexibility index (Phi) is 3.26. The summed E-state index contributed by atoms with van der Waals surface area (Å²) in [6, 6.07) is 2.11. The zero-order valence-electron chi connectivity index (χ0n) is 8.66. The van der Waals surface area contributed by atoms with E-state index >= 15 is 0 Å². The third-order valence-corrected chi connectivity index (χ3v) is 4.84. The Bertz CT molecular complexity index is 628. The fourth-order valence-corrected chi connectivity index (χ4v) is 3.28. The van der Waals surface area contributed by atoms with E-state index in [-0.39, 0.29) is 12.0 Å². The standard InChI is InChI=1S/C10H6BrF3O3S/c11-5-1-2-7(18(16,17)10(13)14)8-4(5)3-6(12)9(8)15/h1-2,6,10H,3H2. The Hall–Kier alpha value is -0.890. The van der Waals surface area contributed by atoms with E-state index in [4.69, 9.17) is 0 Å². The minimum atomic E-state index is -4.92. The van der Waals surface area contributed by atoms with Crippen LogP contribution in [0.4, 0.5) is 13.2 Å². The predicted molar refractivity (Wildman–Crippen MR) is 60.3 cm³/mol. The van der Waals surface area contributed by atoms with Crippen LogP contribution in [0.15, 0.2) is 21.5 Å². The molecule has 1 aliphatic rings. The van der Waals surface area contributed by atoms with Crippen LogP contribution >= 0.6 is 15.9 Å². The lowest BCUT2D eigenvalue weighted by Gasteiger charge is -2.09. The molecule has 3 nitrogen and oxygen atoms in total. The highest BCUT2D eigenvalue weighted by Crippen LogP contribution is 2.36. The number of carbonyl (C=O) groups excluding carboxylic acids is 1. The van der Waals surface area contributed by atoms with Crippen LogP contribution in [-0.2, 0) is 16.3 Å². The van der Waals surface area contributed by atoms with Gasteiger partial charge >= 0.3 is 5.76 Å². The van der Waals surface area contributed by atoms with E-state index in [0.717, 1.165) is 6.07 Å². The first-order valence-electron chi connectivity index (χ1n) is 4.78. The van der Waals surface area contributed by atoms with E-state index in [1.54, 1.807) is 0 Å². The molecular weight excluding hydrogens is 337 g/mol. The van der Waals surface area contributed by atoms with Gasteiger partial charge in [-0.25, -0.2) is 12.8 Å². The van der Waals surface area contributed by atoms with Crippen molar-refractivity contribution in [3.8, 4) is 0 Å². The molecule has 2 rings (SSSR count). The Balaban J connectivity index is 2.75. The molecule has 18 heavy (non-hydrogen) atoms. The first kappa shape index (κ1) is 13.5. The van der Waals surface area contributed by atoms with Crippen LogP contribution in [0.3, 0.4) is 0 Å². The van der Waals surface area contributed by atoms with Crippen LogP contribution in [0.1, 0.15) is 15.9 Å². The largest absolute Gasteiger partial charge is 0.341 e. The summed E-state index contributed by atoms with van der Waals surface area (Å²) in [4.78, 5) is 10.7. The molecule has 0 radical (unpaired) electrons. The Morgan fingerprint density at radius 1 is 1.33 bits per heavy atom. The lowest BCUT2D eigenvalue weighted by Crippen LogP contribution is -2.17. The molecule has 98 valence electrons. The van der Waals surface area contributed by atoms with Crippen molar-refractivity contribution >= 4 is 31.6 Å². The number of hydrogen-bond donors (Lipinski definition) is 0. The van der Waals surface area contributed by atoms with E-state index in [0.29, 0.717) is 4.47 Å². The smallest absolute Gasteiger partial charge is 0.291 e. The molecule has 0 aliphatic heterocycles. The lowest BCUT2D eigenvalue weighted by atomic mass is 10.1. The maximum absolute atomic E-state index is 13.3. The average Bonchev–Trinajstić information content (AvgIpc) is 2.57. The second kappa shape index (κ2) is 4.34. The van der Waals surface area contributed by atoms with E-state index in [1.807, 2.05) is 0 Å². The maximum Gasteiger partial charge on any atom is 0.341 e. The van der Waals surface area contributed by atoms with Crippen molar-refractivity contribution in [2.75, 3.05) is 0 Å². The molecule has 0 aromatic heterocycles. The van der Waals surface area contributed by atoms with Gasteiger partial charge in [-0.3, -0.25) is 4.79 Å². The van der Waals surface area contributed by atoms with Gasteiger partial charge in [-0.05, 0) is 17.7 Å². The molecule has 1 unspecified atom stereocenters. The van der Waals surface area contributed by atoms with Crippen molar-refractivity contribution in [3.63, 3.8) is 0 Å². The Labute approximate surface area is 109 Å². The molecule has 1 aliphatic carbocycles. The molecule has 0 amide bonds. The molecule has 0 heterocycles. The van der Waals surface area contributed by atoms with Crippen molar-refractivity contribution < 1.29 is 26.4 Å². The van der Waals surface area contributed by atoms with Crippen molar-refractivity contribution in [3.05, 3.63) is 27.7 Å². The van der Waals surface area contributed by atoms with Crippen molar-refractivity contribution in [2.45, 2.75) is 23.2 Å². The van der Waals surface area contributed by atoms with Gasteiger partial charge in [-0.15, -0.1) is 0 Å². The molecule has 1 aromatic rings. The first-order valence-corrected chi connectivity index (χ1v) is 7.12. The molecule has 0 fully saturated rings. The molecule has 0 N–H and O–H groups in total. The fourth-order valence-electron chi connectivity index (χ4n) is 1.83. The number of fused-ring (bicyclic) bond motifs is 1. The second-order valence-electron chi connectivity index (χ2n) is 3.74. The van der Waals surface area contributed by atoms with Crippen LogP contribution in [0.5, 0.6) is 0 Å². The molecule has 1 atom stereocenters. The molecule has 0 saturated heterocycles. The van der Waals surface area contributed by atoms with E-state index < -0.39 is 38.0 Å². The van der Waals surface area contributed by atoms with Gasteiger partial charge in [0, 0.05) is 16.5 Å². The summed E-state index contributed by atoms with van der Waals surface area (Å²) < 4.78 is 61.4. The number of carbonyl (C=O) groups is 1. The topological polar surface area (TPSA) is 51.2 Å². The van der Waals surface area contributed by atoms with Gasteiger partial charge in [0.25, 0.3) is 0 Å². The molecule has 0 bridgehead atoms. The highest BCUT2D eigenvalue weighted by molar-refractivity contribution is 9.10. The summed E-state index contributed by atoms with van der Waals surface area (Å²) in [6.45, 7) is 0. The summed E-state index contributed by atoms with van der Waals surface area (Å²) in [5.41, 5.74) is -0.341. The first-order chi connectivity index (χ1) is 8.26. The number of ketones is 1. The number of rotatable bonds is 2. The summed E-state index contributed by atoms with van der Waals surface area (Å²) in [7, 11) is -4.92. The van der Waals surface area contributed by atoms with Crippen LogP contribution < -0.4 is 0 Å². The van der Waals surface area contributed by atoms with Crippen LogP contribution in [-0.4, -0.2) is 26.1 Å². The normalized spacial score (nSPS) is 19.4. The number of benzene rings is 1. The molecule has 8 heteroatoms. The van der Waals surface area contributed by atoms with Gasteiger partial charge in [-0.1, -0.05) is 15.9 Å². The molecule has 1 aromatic carbocycles. The number of sulfone groups is 1. The summed E-state index contributed by atoms with van der Waals surface area (Å²) >= 11 is 3.04. The number of Topliss-reactive ketones (excluding diaryl/α,β-unsaturated/α-hetero) is 1. The second-order valence-corrected chi connectivity index (χ2v) is 6.48.